The number of halogens is 7. The van der Waals surface area contributed by atoms with Gasteiger partial charge in [0.25, 0.3) is 0 Å². The summed E-state index contributed by atoms with van der Waals surface area (Å²) < 4.78 is 92.1. The predicted molar refractivity (Wildman–Crippen MR) is 109 cm³/mol. The normalized spacial score (nSPS) is 16.9. The summed E-state index contributed by atoms with van der Waals surface area (Å²) in [5, 5.41) is 11.7. The summed E-state index contributed by atoms with van der Waals surface area (Å²) in [5.74, 6) is -0.543. The largest absolute Gasteiger partial charge is 0.465 e. The van der Waals surface area contributed by atoms with Crippen molar-refractivity contribution in [2.75, 3.05) is 19.6 Å². The van der Waals surface area contributed by atoms with E-state index in [4.69, 9.17) is 0 Å². The third kappa shape index (κ3) is 6.14. The molecule has 1 fully saturated rings. The molecule has 2 aromatic rings. The zero-order chi connectivity index (χ0) is 26.1. The molecule has 1 aliphatic rings. The fourth-order valence-corrected chi connectivity index (χ4v) is 3.88. The molecule has 1 aliphatic heterocycles. The summed E-state index contributed by atoms with van der Waals surface area (Å²) in [7, 11) is 0. The molecule has 190 valence electrons. The lowest BCUT2D eigenvalue weighted by molar-refractivity contribution is -0.143. The van der Waals surface area contributed by atoms with E-state index in [2.05, 4.69) is 5.32 Å². The zero-order valence-electron chi connectivity index (χ0n) is 18.2. The zero-order valence-corrected chi connectivity index (χ0v) is 18.2. The molecule has 3 rings (SSSR count). The lowest BCUT2D eigenvalue weighted by Crippen LogP contribution is -2.54. The number of nitrogens with zero attached hydrogens (tertiary/aromatic N) is 2. The second kappa shape index (κ2) is 9.62. The number of aryl methyl sites for hydroxylation is 1. The molecule has 0 bridgehead atoms. The average molecular weight is 507 g/mol. The van der Waals surface area contributed by atoms with Gasteiger partial charge in [-0.15, -0.1) is 0 Å². The Balaban J connectivity index is 1.86. The molecule has 1 saturated heterocycles. The van der Waals surface area contributed by atoms with Gasteiger partial charge in [-0.05, 0) is 53.9 Å². The Morgan fingerprint density at radius 2 is 1.60 bits per heavy atom. The van der Waals surface area contributed by atoms with Crippen LogP contribution in [-0.4, -0.2) is 46.7 Å². The number of hydrogen-bond donors (Lipinski definition) is 2. The molecule has 35 heavy (non-hydrogen) atoms. The van der Waals surface area contributed by atoms with Crippen molar-refractivity contribution in [3.05, 3.63) is 70.0 Å². The topological polar surface area (TPSA) is 72.9 Å². The Morgan fingerprint density at radius 3 is 2.11 bits per heavy atom. The number of amides is 3. The number of nitrogens with one attached hydrogen (secondary N) is 1. The highest BCUT2D eigenvalue weighted by Crippen LogP contribution is 2.36. The molecule has 1 atom stereocenters. The molecule has 0 aromatic heterocycles. The van der Waals surface area contributed by atoms with Crippen LogP contribution in [0.3, 0.4) is 0 Å². The van der Waals surface area contributed by atoms with Crippen molar-refractivity contribution in [2.45, 2.75) is 31.9 Å². The minimum atomic E-state index is -5.03. The highest BCUT2D eigenvalue weighted by atomic mass is 19.4. The number of carbonyl (C=O) groups is 2. The van der Waals surface area contributed by atoms with E-state index in [1.807, 2.05) is 0 Å². The molecule has 0 saturated carbocycles. The highest BCUT2D eigenvalue weighted by Gasteiger charge is 2.37. The second-order valence-corrected chi connectivity index (χ2v) is 8.01. The van der Waals surface area contributed by atoms with Crippen LogP contribution in [0.15, 0.2) is 36.4 Å². The molecule has 0 unspecified atom stereocenters. The fourth-order valence-electron chi connectivity index (χ4n) is 3.88. The van der Waals surface area contributed by atoms with Gasteiger partial charge in [0.2, 0.25) is 0 Å². The molecule has 13 heteroatoms. The quantitative estimate of drug-likeness (QED) is 0.546. The number of carbonyl (C=O) groups excluding carboxylic acids is 1. The van der Waals surface area contributed by atoms with Gasteiger partial charge >= 0.3 is 24.5 Å². The van der Waals surface area contributed by atoms with Gasteiger partial charge in [0.1, 0.15) is 5.82 Å². The molecule has 0 radical (unpaired) electrons. The van der Waals surface area contributed by atoms with Crippen LogP contribution in [0, 0.1) is 12.7 Å². The maximum atomic E-state index is 13.6. The summed E-state index contributed by atoms with van der Waals surface area (Å²) in [6.45, 7) is 0.601. The molecule has 2 N–H and O–H groups in total. The van der Waals surface area contributed by atoms with Crippen molar-refractivity contribution in [1.29, 1.82) is 0 Å². The average Bonchev–Trinajstić information content (AvgIpc) is 2.75. The summed E-state index contributed by atoms with van der Waals surface area (Å²) >= 11 is 0. The van der Waals surface area contributed by atoms with Gasteiger partial charge < -0.3 is 20.2 Å². The number of alkyl halides is 6. The predicted octanol–water partition coefficient (Wildman–Crippen LogP) is 5.42. The number of piperazine rings is 1. The molecular weight excluding hydrogens is 487 g/mol. The van der Waals surface area contributed by atoms with Gasteiger partial charge in [0.15, 0.2) is 0 Å². The SMILES string of the molecule is Cc1cc(F)ccc1[C@H]1CN(C(=O)O)CCN1C(=O)NCc1cc(C(F)(F)F)cc(C(F)(F)F)c1. The highest BCUT2D eigenvalue weighted by molar-refractivity contribution is 5.75. The Labute approximate surface area is 194 Å². The van der Waals surface area contributed by atoms with Crippen molar-refractivity contribution < 1.29 is 45.4 Å². The van der Waals surface area contributed by atoms with Crippen LogP contribution in [0.4, 0.5) is 40.3 Å². The van der Waals surface area contributed by atoms with Crippen molar-refractivity contribution >= 4 is 12.1 Å². The maximum Gasteiger partial charge on any atom is 0.416 e. The van der Waals surface area contributed by atoms with E-state index in [0.29, 0.717) is 23.3 Å². The van der Waals surface area contributed by atoms with E-state index in [0.717, 1.165) is 11.0 Å². The number of carboxylic acid groups (broad SMARTS) is 1. The number of urea groups is 1. The minimum Gasteiger partial charge on any atom is -0.465 e. The first-order valence-electron chi connectivity index (χ1n) is 10.2. The van der Waals surface area contributed by atoms with E-state index in [-0.39, 0.29) is 25.7 Å². The van der Waals surface area contributed by atoms with Crippen LogP contribution in [0.1, 0.15) is 33.9 Å². The Bertz CT molecular complexity index is 1090. The van der Waals surface area contributed by atoms with E-state index < -0.39 is 59.6 Å². The first-order valence-corrected chi connectivity index (χ1v) is 10.2. The van der Waals surface area contributed by atoms with Crippen molar-refractivity contribution in [3.8, 4) is 0 Å². The molecule has 1 heterocycles. The molecule has 0 spiro atoms. The van der Waals surface area contributed by atoms with E-state index in [1.165, 1.54) is 17.0 Å². The van der Waals surface area contributed by atoms with Gasteiger partial charge in [-0.3, -0.25) is 0 Å². The minimum absolute atomic E-state index is 0.0101. The number of rotatable bonds is 3. The van der Waals surface area contributed by atoms with Gasteiger partial charge in [-0.1, -0.05) is 6.07 Å². The molecule has 2 aromatic carbocycles. The van der Waals surface area contributed by atoms with Gasteiger partial charge in [-0.2, -0.15) is 26.3 Å². The lowest BCUT2D eigenvalue weighted by Gasteiger charge is -2.41. The van der Waals surface area contributed by atoms with Crippen LogP contribution in [-0.2, 0) is 18.9 Å². The second-order valence-electron chi connectivity index (χ2n) is 8.01. The Kier molecular flexibility index (Phi) is 7.18. The fraction of sp³-hybridized carbons (Fsp3) is 0.364. The van der Waals surface area contributed by atoms with Crippen LogP contribution < -0.4 is 5.32 Å². The van der Waals surface area contributed by atoms with Crippen molar-refractivity contribution in [1.82, 2.24) is 15.1 Å². The van der Waals surface area contributed by atoms with Gasteiger partial charge in [-0.25, -0.2) is 14.0 Å². The molecule has 6 nitrogen and oxygen atoms in total. The molecular formula is C22H20F7N3O3. The van der Waals surface area contributed by atoms with E-state index in [1.54, 1.807) is 6.92 Å². The lowest BCUT2D eigenvalue weighted by atomic mass is 9.98. The number of hydrogen-bond acceptors (Lipinski definition) is 2. The summed E-state index contributed by atoms with van der Waals surface area (Å²) in [5.41, 5.74) is -2.55. The third-order valence-corrected chi connectivity index (χ3v) is 5.59. The van der Waals surface area contributed by atoms with E-state index in [9.17, 15) is 45.4 Å². The van der Waals surface area contributed by atoms with E-state index >= 15 is 0 Å². The molecule has 3 amide bonds. The first-order chi connectivity index (χ1) is 16.2. The van der Waals surface area contributed by atoms with Crippen LogP contribution in [0.2, 0.25) is 0 Å². The van der Waals surface area contributed by atoms with Gasteiger partial charge in [0.05, 0.1) is 17.2 Å². The number of benzene rings is 2. The van der Waals surface area contributed by atoms with Crippen molar-refractivity contribution in [2.24, 2.45) is 0 Å². The molecule has 0 aliphatic carbocycles. The Hall–Kier alpha value is -3.51. The summed E-state index contributed by atoms with van der Waals surface area (Å²) in [6.07, 6.45) is -11.3. The van der Waals surface area contributed by atoms with Crippen LogP contribution in [0.5, 0.6) is 0 Å². The smallest absolute Gasteiger partial charge is 0.416 e. The first kappa shape index (κ1) is 26.1. The van der Waals surface area contributed by atoms with Crippen LogP contribution >= 0.6 is 0 Å². The van der Waals surface area contributed by atoms with Crippen molar-refractivity contribution in [3.63, 3.8) is 0 Å². The standard InChI is InChI=1S/C22H20F7N3O3/c1-12-6-16(23)2-3-17(12)18-11-31(20(34)35)4-5-32(18)19(33)30-10-13-7-14(21(24,25)26)9-15(8-13)22(27,28)29/h2-3,6-9,18H,4-5,10-11H2,1H3,(H,30,33)(H,34,35)/t18-/m1/s1. The van der Waals surface area contributed by atoms with Gasteiger partial charge in [0, 0.05) is 26.2 Å². The summed E-state index contributed by atoms with van der Waals surface area (Å²) in [6, 6.07) is 3.07. The summed E-state index contributed by atoms with van der Waals surface area (Å²) in [4.78, 5) is 26.6. The monoisotopic (exact) mass is 507 g/mol. The maximum absolute atomic E-state index is 13.6. The van der Waals surface area contributed by atoms with Crippen LogP contribution in [0.25, 0.3) is 0 Å². The Morgan fingerprint density at radius 1 is 1.00 bits per heavy atom. The third-order valence-electron chi connectivity index (χ3n) is 5.59.